The summed E-state index contributed by atoms with van der Waals surface area (Å²) in [5, 5.41) is 25.4. The fourth-order valence-corrected chi connectivity index (χ4v) is 6.15. The molecule has 6 nitrogen and oxygen atoms in total. The molecular formula is C32H44F3N3O3S2. The average Bonchev–Trinajstić information content (AvgIpc) is 2.98. The Hall–Kier alpha value is -2.62. The third kappa shape index (κ3) is 14.1. The summed E-state index contributed by atoms with van der Waals surface area (Å²) in [7, 11) is 1.97. The number of allylic oxidation sites excluding steroid dienone is 1. The Morgan fingerprint density at radius 2 is 1.93 bits per heavy atom. The zero-order valence-electron chi connectivity index (χ0n) is 25.3. The van der Waals surface area contributed by atoms with Crippen molar-refractivity contribution in [3.8, 4) is 17.6 Å². The van der Waals surface area contributed by atoms with Crippen molar-refractivity contribution in [2.45, 2.75) is 63.3 Å². The highest BCUT2D eigenvalue weighted by Crippen LogP contribution is 2.30. The first-order chi connectivity index (χ1) is 20.4. The zero-order valence-corrected chi connectivity index (χ0v) is 26.9. The van der Waals surface area contributed by atoms with Crippen molar-refractivity contribution in [2.24, 2.45) is 0 Å². The second-order valence-corrected chi connectivity index (χ2v) is 13.1. The van der Waals surface area contributed by atoms with Crippen LogP contribution in [0.3, 0.4) is 0 Å². The molecule has 0 amide bonds. The minimum Gasteiger partial charge on any atom is -0.495 e. The lowest BCUT2D eigenvalue weighted by Gasteiger charge is -2.27. The van der Waals surface area contributed by atoms with E-state index in [0.29, 0.717) is 35.4 Å². The minimum atomic E-state index is -3.96. The van der Waals surface area contributed by atoms with E-state index in [0.717, 1.165) is 23.1 Å². The van der Waals surface area contributed by atoms with Crippen molar-refractivity contribution >= 4 is 45.8 Å². The van der Waals surface area contributed by atoms with Gasteiger partial charge in [-0.15, -0.1) is 0 Å². The molecule has 1 unspecified atom stereocenters. The Balaban J connectivity index is 0.000000973. The fourth-order valence-electron chi connectivity index (χ4n) is 3.97. The van der Waals surface area contributed by atoms with Gasteiger partial charge in [0.05, 0.1) is 32.1 Å². The maximum absolute atomic E-state index is 10.8. The van der Waals surface area contributed by atoms with E-state index in [9.17, 15) is 18.3 Å². The fraction of sp³-hybridized carbons (Fsp3) is 0.469. The van der Waals surface area contributed by atoms with Gasteiger partial charge in [-0.1, -0.05) is 36.8 Å². The van der Waals surface area contributed by atoms with Crippen molar-refractivity contribution in [1.29, 1.82) is 0 Å². The summed E-state index contributed by atoms with van der Waals surface area (Å²) in [5.74, 6) is 13.9. The topological polar surface area (TPSA) is 85.8 Å². The summed E-state index contributed by atoms with van der Waals surface area (Å²) in [6.45, 7) is 5.79. The number of aliphatic hydroxyl groups is 2. The first-order valence-corrected chi connectivity index (χ1v) is 16.7. The van der Waals surface area contributed by atoms with Gasteiger partial charge in [0.1, 0.15) is 5.75 Å². The number of halogens is 3. The minimum absolute atomic E-state index is 0.267. The summed E-state index contributed by atoms with van der Waals surface area (Å²) >= 11 is 1.38. The molecule has 43 heavy (non-hydrogen) atoms. The molecule has 0 saturated carbocycles. The van der Waals surface area contributed by atoms with Crippen molar-refractivity contribution in [3.63, 3.8) is 0 Å². The molecule has 0 aliphatic carbocycles. The molecule has 5 N–H and O–H groups in total. The number of nitrogens with one attached hydrogen (secondary N) is 3. The Morgan fingerprint density at radius 3 is 2.56 bits per heavy atom. The number of aryl methyl sites for hydroxylation is 1. The molecule has 11 heteroatoms. The van der Waals surface area contributed by atoms with Crippen LogP contribution in [0.25, 0.3) is 6.08 Å². The third-order valence-electron chi connectivity index (χ3n) is 6.50. The van der Waals surface area contributed by atoms with Gasteiger partial charge in [-0.2, -0.15) is 23.7 Å². The van der Waals surface area contributed by atoms with Gasteiger partial charge in [0, 0.05) is 35.2 Å². The predicted molar refractivity (Wildman–Crippen MR) is 178 cm³/mol. The van der Waals surface area contributed by atoms with E-state index in [4.69, 9.17) is 9.84 Å². The molecule has 1 fully saturated rings. The number of hydrogen-bond acceptors (Lipinski definition) is 7. The summed E-state index contributed by atoms with van der Waals surface area (Å²) in [4.78, 5) is 0.944. The normalized spacial score (nSPS) is 17.6. The Kier molecular flexibility index (Phi) is 16.1. The number of rotatable bonds is 11. The van der Waals surface area contributed by atoms with E-state index in [-0.39, 0.29) is 6.61 Å². The van der Waals surface area contributed by atoms with Crippen LogP contribution in [0.2, 0.25) is 0 Å². The van der Waals surface area contributed by atoms with Gasteiger partial charge in [-0.3, -0.25) is 4.72 Å². The van der Waals surface area contributed by atoms with Crippen molar-refractivity contribution in [1.82, 2.24) is 4.72 Å². The van der Waals surface area contributed by atoms with Crippen molar-refractivity contribution < 1.29 is 28.1 Å². The number of hydrogen-bond donors (Lipinski definition) is 5. The van der Waals surface area contributed by atoms with E-state index in [2.05, 4.69) is 64.3 Å². The average molecular weight is 640 g/mol. The number of alkyl halides is 3. The highest BCUT2D eigenvalue weighted by Gasteiger charge is 2.22. The van der Waals surface area contributed by atoms with Crippen LogP contribution in [-0.4, -0.2) is 72.7 Å². The van der Waals surface area contributed by atoms with Crippen LogP contribution < -0.4 is 20.1 Å². The Morgan fingerprint density at radius 1 is 1.23 bits per heavy atom. The lowest BCUT2D eigenvalue weighted by molar-refractivity contribution is -0.130. The monoisotopic (exact) mass is 639 g/mol. The Bertz CT molecular complexity index is 1270. The number of methoxy groups -OCH3 is 1. The van der Waals surface area contributed by atoms with Crippen LogP contribution in [-0.2, 0) is 0 Å². The smallest absolute Gasteiger partial charge is 0.388 e. The van der Waals surface area contributed by atoms with Crippen molar-refractivity contribution in [2.75, 3.05) is 48.9 Å². The lowest BCUT2D eigenvalue weighted by atomic mass is 10.0. The van der Waals surface area contributed by atoms with Gasteiger partial charge in [0.25, 0.3) is 0 Å². The molecule has 3 rings (SSSR count). The summed E-state index contributed by atoms with van der Waals surface area (Å²) in [6, 6.07) is 12.8. The molecule has 2 aromatic carbocycles. The number of ether oxygens (including phenoxy) is 1. The third-order valence-corrected chi connectivity index (χ3v) is 8.93. The van der Waals surface area contributed by atoms with E-state index < -0.39 is 18.7 Å². The largest absolute Gasteiger partial charge is 0.495 e. The molecule has 238 valence electrons. The first-order valence-electron chi connectivity index (χ1n) is 14.1. The van der Waals surface area contributed by atoms with Gasteiger partial charge < -0.3 is 25.6 Å². The maximum Gasteiger partial charge on any atom is 0.388 e. The summed E-state index contributed by atoms with van der Waals surface area (Å²) in [6.07, 6.45) is -0.931. The number of anilines is 2. The van der Waals surface area contributed by atoms with Crippen LogP contribution in [0, 0.1) is 18.8 Å². The molecule has 1 aliphatic rings. The van der Waals surface area contributed by atoms with Crippen LogP contribution in [0.15, 0.2) is 46.9 Å². The van der Waals surface area contributed by atoms with Crippen molar-refractivity contribution in [3.05, 3.63) is 53.1 Å². The number of aliphatic hydroxyl groups excluding tert-OH is 2. The van der Waals surface area contributed by atoms with Crippen LogP contribution >= 0.6 is 22.4 Å². The second-order valence-electron chi connectivity index (χ2n) is 10.1. The van der Waals surface area contributed by atoms with Gasteiger partial charge in [-0.25, -0.2) is 0 Å². The van der Waals surface area contributed by atoms with E-state index in [1.54, 1.807) is 7.11 Å². The lowest BCUT2D eigenvalue weighted by Crippen LogP contribution is -2.25. The molecule has 1 aliphatic heterocycles. The van der Waals surface area contributed by atoms with E-state index >= 15 is 0 Å². The summed E-state index contributed by atoms with van der Waals surface area (Å²) < 4.78 is 40.9. The Labute approximate surface area is 260 Å². The number of benzene rings is 2. The molecule has 0 aromatic heterocycles. The molecule has 0 bridgehead atoms. The highest BCUT2D eigenvalue weighted by atomic mass is 32.2. The quantitative estimate of drug-likeness (QED) is 0.106. The van der Waals surface area contributed by atoms with Gasteiger partial charge in [-0.05, 0) is 91.6 Å². The zero-order chi connectivity index (χ0) is 31.8. The first kappa shape index (κ1) is 36.6. The van der Waals surface area contributed by atoms with Gasteiger partial charge >= 0.3 is 6.18 Å². The molecule has 1 saturated heterocycles. The van der Waals surface area contributed by atoms with Crippen LogP contribution in [0.1, 0.15) is 44.2 Å². The van der Waals surface area contributed by atoms with Crippen LogP contribution in [0.5, 0.6) is 5.75 Å². The van der Waals surface area contributed by atoms with Gasteiger partial charge in [0.2, 0.25) is 0 Å². The van der Waals surface area contributed by atoms with Crippen LogP contribution in [0.4, 0.5) is 24.5 Å². The van der Waals surface area contributed by atoms with Gasteiger partial charge in [0.15, 0.2) is 0 Å². The maximum atomic E-state index is 10.8. The molecule has 1 heterocycles. The standard InChI is InChI=1S/C29H39N3O3S2.C3H5F3/c1-21(17-26-22(2)8-5-9-27(26)32-23-12-15-37(4)16-13-23)7-6-14-30-28-11-10-25(18-29(28)35-3)36-31-19-24(34)20-33;1-2-3(4,5)6/h5,8-11,17-18,23-24,30-34H,4,12-16,19-20H2,1-3H3;2H2,1H3/b21-17+;. The molecule has 0 spiro atoms. The molecule has 1 atom stereocenters. The molecule has 2 aromatic rings. The predicted octanol–water partition coefficient (Wildman–Crippen LogP) is 6.71. The SMILES string of the molecule is C=S1CCC(Nc2cccc(C)c2/C=C(\C)C#CCNc2ccc(SNCC(O)CO)cc2OC)CC1.CCC(F)(F)F. The summed E-state index contributed by atoms with van der Waals surface area (Å²) in [5.41, 5.74) is 5.49. The van der Waals surface area contributed by atoms with E-state index in [1.807, 2.05) is 25.1 Å². The van der Waals surface area contributed by atoms with E-state index in [1.165, 1.54) is 53.1 Å². The highest BCUT2D eigenvalue weighted by molar-refractivity contribution is 8.14. The molecular weight excluding hydrogens is 595 g/mol. The molecule has 0 radical (unpaired) electrons. The second kappa shape index (κ2) is 18.9.